The number of hydrogen-bond donors (Lipinski definition) is 1. The van der Waals surface area contributed by atoms with Gasteiger partial charge in [0.2, 0.25) is 0 Å². The lowest BCUT2D eigenvalue weighted by molar-refractivity contribution is 0.215. The van der Waals surface area contributed by atoms with Crippen molar-refractivity contribution >= 4 is 23.4 Å². The summed E-state index contributed by atoms with van der Waals surface area (Å²) in [6, 6.07) is 14.2. The largest absolute Gasteiger partial charge is 0.497 e. The number of hydrogen-bond acceptors (Lipinski definition) is 4. The summed E-state index contributed by atoms with van der Waals surface area (Å²) in [7, 11) is 1.61. The SMILES string of the molecule is COc1ccc(-n2ncc(OC(=O)Nc3cccc(Cl)c3)c2C)cc1. The molecule has 6 nitrogen and oxygen atoms in total. The summed E-state index contributed by atoms with van der Waals surface area (Å²) < 4.78 is 12.2. The topological polar surface area (TPSA) is 65.4 Å². The van der Waals surface area contributed by atoms with Crippen LogP contribution in [-0.4, -0.2) is 23.0 Å². The summed E-state index contributed by atoms with van der Waals surface area (Å²) in [5, 5.41) is 7.42. The van der Waals surface area contributed by atoms with Crippen LogP contribution in [0.2, 0.25) is 5.02 Å². The van der Waals surface area contributed by atoms with Crippen molar-refractivity contribution in [3.8, 4) is 17.2 Å². The summed E-state index contributed by atoms with van der Waals surface area (Å²) in [5.74, 6) is 1.13. The van der Waals surface area contributed by atoms with E-state index in [4.69, 9.17) is 21.1 Å². The zero-order valence-electron chi connectivity index (χ0n) is 13.7. The molecular formula is C18H16ClN3O3. The van der Waals surface area contributed by atoms with Crippen LogP contribution in [0.15, 0.2) is 54.7 Å². The van der Waals surface area contributed by atoms with E-state index in [0.29, 0.717) is 22.2 Å². The van der Waals surface area contributed by atoms with Gasteiger partial charge in [-0.25, -0.2) is 9.48 Å². The third kappa shape index (κ3) is 3.92. The molecule has 1 amide bonds. The minimum Gasteiger partial charge on any atom is -0.497 e. The van der Waals surface area contributed by atoms with E-state index >= 15 is 0 Å². The van der Waals surface area contributed by atoms with E-state index in [2.05, 4.69) is 10.4 Å². The number of benzene rings is 2. The van der Waals surface area contributed by atoms with E-state index in [1.54, 1.807) is 36.1 Å². The van der Waals surface area contributed by atoms with Crippen LogP contribution < -0.4 is 14.8 Å². The number of nitrogens with one attached hydrogen (secondary N) is 1. The Morgan fingerprint density at radius 2 is 1.96 bits per heavy atom. The first kappa shape index (κ1) is 16.9. The first-order valence-electron chi connectivity index (χ1n) is 7.50. The van der Waals surface area contributed by atoms with Gasteiger partial charge in [-0.05, 0) is 49.4 Å². The van der Waals surface area contributed by atoms with Gasteiger partial charge >= 0.3 is 6.09 Å². The molecule has 3 rings (SSSR count). The van der Waals surface area contributed by atoms with E-state index in [0.717, 1.165) is 11.4 Å². The average Bonchev–Trinajstić information content (AvgIpc) is 2.95. The molecule has 0 saturated carbocycles. The quantitative estimate of drug-likeness (QED) is 0.749. The number of aromatic nitrogens is 2. The second kappa shape index (κ2) is 7.27. The van der Waals surface area contributed by atoms with Crippen LogP contribution in [0.3, 0.4) is 0 Å². The Bertz CT molecular complexity index is 891. The van der Waals surface area contributed by atoms with E-state index in [1.807, 2.05) is 31.2 Å². The number of carbonyl (C=O) groups excluding carboxylic acids is 1. The van der Waals surface area contributed by atoms with Crippen molar-refractivity contribution in [1.29, 1.82) is 0 Å². The second-order valence-corrected chi connectivity index (χ2v) is 5.67. The van der Waals surface area contributed by atoms with E-state index < -0.39 is 6.09 Å². The van der Waals surface area contributed by atoms with Crippen molar-refractivity contribution in [3.63, 3.8) is 0 Å². The molecule has 0 saturated heterocycles. The molecule has 0 unspecified atom stereocenters. The minimum atomic E-state index is -0.611. The molecule has 0 spiro atoms. The molecule has 128 valence electrons. The summed E-state index contributed by atoms with van der Waals surface area (Å²) in [6.07, 6.45) is 0.886. The number of amides is 1. The predicted octanol–water partition coefficient (Wildman–Crippen LogP) is 4.45. The summed E-state index contributed by atoms with van der Waals surface area (Å²) in [5.41, 5.74) is 2.09. The van der Waals surface area contributed by atoms with Gasteiger partial charge in [-0.1, -0.05) is 17.7 Å². The van der Waals surface area contributed by atoms with E-state index in [1.165, 1.54) is 6.20 Å². The van der Waals surface area contributed by atoms with Gasteiger partial charge in [0.05, 0.1) is 24.7 Å². The number of nitrogens with zero attached hydrogens (tertiary/aromatic N) is 2. The Hall–Kier alpha value is -2.99. The third-order valence-corrected chi connectivity index (χ3v) is 3.79. The van der Waals surface area contributed by atoms with Crippen molar-refractivity contribution < 1.29 is 14.3 Å². The molecule has 2 aromatic carbocycles. The van der Waals surface area contributed by atoms with Crippen LogP contribution >= 0.6 is 11.6 Å². The molecule has 0 bridgehead atoms. The maximum absolute atomic E-state index is 12.0. The summed E-state index contributed by atoms with van der Waals surface area (Å²) in [4.78, 5) is 12.0. The van der Waals surface area contributed by atoms with Crippen molar-refractivity contribution in [2.75, 3.05) is 12.4 Å². The third-order valence-electron chi connectivity index (χ3n) is 3.56. The molecule has 0 aliphatic heterocycles. The zero-order chi connectivity index (χ0) is 17.8. The molecule has 25 heavy (non-hydrogen) atoms. The number of methoxy groups -OCH3 is 1. The highest BCUT2D eigenvalue weighted by molar-refractivity contribution is 6.30. The zero-order valence-corrected chi connectivity index (χ0v) is 14.4. The highest BCUT2D eigenvalue weighted by atomic mass is 35.5. The monoisotopic (exact) mass is 357 g/mol. The van der Waals surface area contributed by atoms with Crippen molar-refractivity contribution in [2.24, 2.45) is 0 Å². The minimum absolute atomic E-state index is 0.371. The first-order valence-corrected chi connectivity index (χ1v) is 7.88. The highest BCUT2D eigenvalue weighted by Crippen LogP contribution is 2.23. The van der Waals surface area contributed by atoms with Crippen LogP contribution in [0.25, 0.3) is 5.69 Å². The number of anilines is 1. The highest BCUT2D eigenvalue weighted by Gasteiger charge is 2.13. The van der Waals surface area contributed by atoms with Gasteiger partial charge in [-0.2, -0.15) is 5.10 Å². The lowest BCUT2D eigenvalue weighted by atomic mass is 10.3. The normalized spacial score (nSPS) is 10.4. The Morgan fingerprint density at radius 1 is 1.20 bits per heavy atom. The molecule has 0 radical (unpaired) electrons. The molecule has 3 aromatic rings. The second-order valence-electron chi connectivity index (χ2n) is 5.23. The average molecular weight is 358 g/mol. The Labute approximate surface area is 149 Å². The van der Waals surface area contributed by atoms with Crippen molar-refractivity contribution in [3.05, 3.63) is 65.4 Å². The van der Waals surface area contributed by atoms with E-state index in [-0.39, 0.29) is 0 Å². The molecular weight excluding hydrogens is 342 g/mol. The Balaban J connectivity index is 1.73. The lowest BCUT2D eigenvalue weighted by Gasteiger charge is -2.08. The standard InChI is InChI=1S/C18H16ClN3O3/c1-12-17(25-18(23)21-14-5-3-4-13(19)10-14)11-20-22(12)15-6-8-16(24-2)9-7-15/h3-11H,1-2H3,(H,21,23). The van der Waals surface area contributed by atoms with E-state index in [9.17, 15) is 4.79 Å². The first-order chi connectivity index (χ1) is 12.1. The fraction of sp³-hybridized carbons (Fsp3) is 0.111. The van der Waals surface area contributed by atoms with Crippen LogP contribution in [0.5, 0.6) is 11.5 Å². The number of rotatable bonds is 4. The molecule has 0 aliphatic rings. The molecule has 1 heterocycles. The smallest absolute Gasteiger partial charge is 0.417 e. The fourth-order valence-electron chi connectivity index (χ4n) is 2.29. The molecule has 0 atom stereocenters. The van der Waals surface area contributed by atoms with Gasteiger partial charge in [0.25, 0.3) is 0 Å². The van der Waals surface area contributed by atoms with Gasteiger partial charge in [0.1, 0.15) is 5.75 Å². The number of ether oxygens (including phenoxy) is 2. The lowest BCUT2D eigenvalue weighted by Crippen LogP contribution is -2.17. The van der Waals surface area contributed by atoms with Crippen LogP contribution in [0, 0.1) is 6.92 Å². The molecule has 0 fully saturated rings. The van der Waals surface area contributed by atoms with Gasteiger partial charge in [-0.3, -0.25) is 5.32 Å². The molecule has 7 heteroatoms. The summed E-state index contributed by atoms with van der Waals surface area (Å²) in [6.45, 7) is 1.82. The summed E-state index contributed by atoms with van der Waals surface area (Å²) >= 11 is 5.89. The maximum atomic E-state index is 12.0. The van der Waals surface area contributed by atoms with Crippen LogP contribution in [0.4, 0.5) is 10.5 Å². The van der Waals surface area contributed by atoms with Crippen LogP contribution in [0.1, 0.15) is 5.69 Å². The Kier molecular flexibility index (Phi) is 4.90. The van der Waals surface area contributed by atoms with Crippen LogP contribution in [-0.2, 0) is 0 Å². The predicted molar refractivity (Wildman–Crippen MR) is 96.0 cm³/mol. The van der Waals surface area contributed by atoms with Gasteiger partial charge in [0, 0.05) is 10.7 Å². The maximum Gasteiger partial charge on any atom is 0.417 e. The van der Waals surface area contributed by atoms with Gasteiger partial charge in [-0.15, -0.1) is 0 Å². The number of carbonyl (C=O) groups is 1. The molecule has 1 N–H and O–H groups in total. The molecule has 1 aromatic heterocycles. The van der Waals surface area contributed by atoms with Gasteiger partial charge < -0.3 is 9.47 Å². The molecule has 0 aliphatic carbocycles. The fourth-order valence-corrected chi connectivity index (χ4v) is 2.48. The van der Waals surface area contributed by atoms with Crippen molar-refractivity contribution in [2.45, 2.75) is 6.92 Å². The van der Waals surface area contributed by atoms with Gasteiger partial charge in [0.15, 0.2) is 5.75 Å². The van der Waals surface area contributed by atoms with Crippen molar-refractivity contribution in [1.82, 2.24) is 9.78 Å². The number of halogens is 1. The Morgan fingerprint density at radius 3 is 2.64 bits per heavy atom.